The highest BCUT2D eigenvalue weighted by Gasteiger charge is 2.37. The molecule has 0 fully saturated rings. The molecular formula is C21H25BrN6O2S. The van der Waals surface area contributed by atoms with Crippen LogP contribution in [0.25, 0.3) is 0 Å². The van der Waals surface area contributed by atoms with Gasteiger partial charge in [-0.15, -0.1) is 4.41 Å². The van der Waals surface area contributed by atoms with Gasteiger partial charge in [-0.25, -0.2) is 4.98 Å². The largest absolute Gasteiger partial charge is 0.364 e. The summed E-state index contributed by atoms with van der Waals surface area (Å²) in [6.07, 6.45) is 4.01. The lowest BCUT2D eigenvalue weighted by molar-refractivity contribution is 0.291. The van der Waals surface area contributed by atoms with Crippen molar-refractivity contribution in [3.8, 4) is 0 Å². The van der Waals surface area contributed by atoms with Crippen molar-refractivity contribution in [2.45, 2.75) is 25.6 Å². The van der Waals surface area contributed by atoms with Gasteiger partial charge in [-0.05, 0) is 35.7 Å². The number of H-pyrrole nitrogens is 1. The van der Waals surface area contributed by atoms with Crippen LogP contribution in [0, 0.1) is 0 Å². The van der Waals surface area contributed by atoms with Gasteiger partial charge in [0.15, 0.2) is 0 Å². The van der Waals surface area contributed by atoms with E-state index in [9.17, 15) is 8.42 Å². The topological polar surface area (TPSA) is 98.6 Å². The van der Waals surface area contributed by atoms with Gasteiger partial charge in [-0.3, -0.25) is 5.84 Å². The van der Waals surface area contributed by atoms with Gasteiger partial charge in [-0.1, -0.05) is 46.3 Å². The third-order valence-electron chi connectivity index (χ3n) is 5.44. The van der Waals surface area contributed by atoms with E-state index in [-0.39, 0.29) is 12.6 Å². The highest BCUT2D eigenvalue weighted by Crippen LogP contribution is 2.33. The fraction of sp³-hybridized carbons (Fsp3) is 0.286. The maximum Gasteiger partial charge on any atom is 0.295 e. The number of hydrogen-bond donors (Lipinski definition) is 2. The van der Waals surface area contributed by atoms with Crippen molar-refractivity contribution in [3.05, 3.63) is 82.3 Å². The molecular weight excluding hydrogens is 480 g/mol. The summed E-state index contributed by atoms with van der Waals surface area (Å²) < 4.78 is 29.7. The van der Waals surface area contributed by atoms with E-state index in [0.717, 1.165) is 31.4 Å². The average molecular weight is 505 g/mol. The van der Waals surface area contributed by atoms with Crippen LogP contribution in [-0.4, -0.2) is 46.7 Å². The van der Waals surface area contributed by atoms with Gasteiger partial charge < -0.3 is 9.88 Å². The molecule has 10 heteroatoms. The fourth-order valence-corrected chi connectivity index (χ4v) is 5.50. The van der Waals surface area contributed by atoms with E-state index in [2.05, 4.69) is 30.8 Å². The van der Waals surface area contributed by atoms with Gasteiger partial charge in [0.25, 0.3) is 10.2 Å². The molecule has 2 aromatic carbocycles. The van der Waals surface area contributed by atoms with Crippen LogP contribution in [0.3, 0.4) is 0 Å². The van der Waals surface area contributed by atoms with Gasteiger partial charge in [0, 0.05) is 42.5 Å². The SMILES string of the molecule is CN(N)S(=O)(=O)N1Cc2cc(Br)ccc2N(Cc2cnc[nH]2)CC1Cc1ccccc1. The van der Waals surface area contributed by atoms with Gasteiger partial charge in [0.1, 0.15) is 0 Å². The lowest BCUT2D eigenvalue weighted by Gasteiger charge is -2.33. The van der Waals surface area contributed by atoms with E-state index in [0.29, 0.717) is 19.5 Å². The summed E-state index contributed by atoms with van der Waals surface area (Å²) in [6.45, 7) is 1.33. The Bertz CT molecular complexity index is 1120. The number of imidazole rings is 1. The predicted molar refractivity (Wildman–Crippen MR) is 124 cm³/mol. The Labute approximate surface area is 191 Å². The maximum absolute atomic E-state index is 13.2. The number of nitrogens with two attached hydrogens (primary N) is 1. The molecule has 1 unspecified atom stereocenters. The van der Waals surface area contributed by atoms with E-state index in [1.54, 1.807) is 12.5 Å². The number of nitrogens with zero attached hydrogens (tertiary/aromatic N) is 4. The Morgan fingerprint density at radius 1 is 1.26 bits per heavy atom. The molecule has 1 aromatic heterocycles. The lowest BCUT2D eigenvalue weighted by atomic mass is 10.1. The van der Waals surface area contributed by atoms with Crippen LogP contribution in [0.4, 0.5) is 5.69 Å². The summed E-state index contributed by atoms with van der Waals surface area (Å²) in [7, 11) is -2.49. The zero-order chi connectivity index (χ0) is 22.0. The first kappa shape index (κ1) is 22.0. The van der Waals surface area contributed by atoms with Crippen LogP contribution >= 0.6 is 15.9 Å². The molecule has 31 heavy (non-hydrogen) atoms. The maximum atomic E-state index is 13.2. The van der Waals surface area contributed by atoms with Crippen molar-refractivity contribution < 1.29 is 8.42 Å². The van der Waals surface area contributed by atoms with Gasteiger partial charge in [-0.2, -0.15) is 12.7 Å². The highest BCUT2D eigenvalue weighted by molar-refractivity contribution is 9.10. The molecule has 1 aliphatic rings. The number of aromatic nitrogens is 2. The van der Waals surface area contributed by atoms with Crippen LogP contribution in [0.2, 0.25) is 0 Å². The Morgan fingerprint density at radius 2 is 2.03 bits per heavy atom. The second-order valence-corrected chi connectivity index (χ2v) is 10.5. The molecule has 0 saturated carbocycles. The van der Waals surface area contributed by atoms with Crippen molar-refractivity contribution in [3.63, 3.8) is 0 Å². The van der Waals surface area contributed by atoms with Gasteiger partial charge in [0.2, 0.25) is 0 Å². The summed E-state index contributed by atoms with van der Waals surface area (Å²) in [6, 6.07) is 15.6. The second-order valence-electron chi connectivity index (χ2n) is 7.64. The number of fused-ring (bicyclic) bond motifs is 1. The minimum absolute atomic E-state index is 0.232. The van der Waals surface area contributed by atoms with Crippen LogP contribution < -0.4 is 10.7 Å². The first-order chi connectivity index (χ1) is 14.8. The van der Waals surface area contributed by atoms with Crippen molar-refractivity contribution in [2.24, 2.45) is 5.84 Å². The van der Waals surface area contributed by atoms with E-state index >= 15 is 0 Å². The van der Waals surface area contributed by atoms with Crippen LogP contribution in [0.1, 0.15) is 16.8 Å². The smallest absolute Gasteiger partial charge is 0.295 e. The third-order valence-corrected chi connectivity index (χ3v) is 7.68. The average Bonchev–Trinajstić information content (AvgIpc) is 3.19. The van der Waals surface area contributed by atoms with Crippen molar-refractivity contribution >= 4 is 31.8 Å². The summed E-state index contributed by atoms with van der Waals surface area (Å²) in [5, 5.41) is 0. The zero-order valence-corrected chi connectivity index (χ0v) is 19.6. The molecule has 0 saturated heterocycles. The first-order valence-electron chi connectivity index (χ1n) is 9.89. The Kier molecular flexibility index (Phi) is 6.44. The van der Waals surface area contributed by atoms with E-state index < -0.39 is 10.2 Å². The number of hydrazine groups is 1. The molecule has 0 spiro atoms. The molecule has 2 heterocycles. The summed E-state index contributed by atoms with van der Waals surface area (Å²) in [4.78, 5) is 9.48. The van der Waals surface area contributed by atoms with Crippen LogP contribution in [0.15, 0.2) is 65.5 Å². The number of benzene rings is 2. The first-order valence-corrected chi connectivity index (χ1v) is 12.1. The van der Waals surface area contributed by atoms with Crippen LogP contribution in [0.5, 0.6) is 0 Å². The number of hydrogen-bond acceptors (Lipinski definition) is 5. The van der Waals surface area contributed by atoms with E-state index in [4.69, 9.17) is 5.84 Å². The third kappa shape index (κ3) is 4.83. The molecule has 0 aliphatic carbocycles. The van der Waals surface area contributed by atoms with Crippen molar-refractivity contribution in [1.29, 1.82) is 0 Å². The molecule has 3 aromatic rings. The molecule has 3 N–H and O–H groups in total. The Hall–Kier alpha value is -2.24. The Morgan fingerprint density at radius 3 is 2.71 bits per heavy atom. The second kappa shape index (κ2) is 9.09. The normalized spacial score (nSPS) is 17.5. The van der Waals surface area contributed by atoms with Crippen LogP contribution in [-0.2, 0) is 29.7 Å². The van der Waals surface area contributed by atoms with E-state index in [1.165, 1.54) is 11.4 Å². The lowest BCUT2D eigenvalue weighted by Crippen LogP contribution is -2.52. The number of rotatable bonds is 6. The predicted octanol–water partition coefficient (Wildman–Crippen LogP) is 2.66. The summed E-state index contributed by atoms with van der Waals surface area (Å²) in [5.74, 6) is 5.77. The number of anilines is 1. The molecule has 164 valence electrons. The molecule has 1 aliphatic heterocycles. The molecule has 4 rings (SSSR count). The Balaban J connectivity index is 1.79. The molecule has 8 nitrogen and oxygen atoms in total. The quantitative estimate of drug-likeness (QED) is 0.397. The molecule has 0 radical (unpaired) electrons. The molecule has 0 bridgehead atoms. The number of nitrogens with one attached hydrogen (secondary N) is 1. The molecule has 1 atom stereocenters. The van der Waals surface area contributed by atoms with Gasteiger partial charge >= 0.3 is 0 Å². The molecule has 0 amide bonds. The standard InChI is InChI=1S/C21H25BrN6O2S/c1-26(23)31(29,30)28-12-17-10-18(22)7-8-21(17)27(13-19-11-24-15-25-19)14-20(28)9-16-5-3-2-4-6-16/h2-8,10-11,15,20H,9,12-14,23H2,1H3,(H,24,25). The van der Waals surface area contributed by atoms with Crippen molar-refractivity contribution in [2.75, 3.05) is 18.5 Å². The minimum Gasteiger partial charge on any atom is -0.364 e. The zero-order valence-electron chi connectivity index (χ0n) is 17.1. The van der Waals surface area contributed by atoms with Crippen molar-refractivity contribution in [1.82, 2.24) is 18.7 Å². The van der Waals surface area contributed by atoms with E-state index in [1.807, 2.05) is 48.5 Å². The summed E-state index contributed by atoms with van der Waals surface area (Å²) in [5.41, 5.74) is 3.93. The van der Waals surface area contributed by atoms with Gasteiger partial charge in [0.05, 0.1) is 18.6 Å². The monoisotopic (exact) mass is 504 g/mol. The summed E-state index contributed by atoms with van der Waals surface area (Å²) >= 11 is 3.53. The number of halogens is 1. The number of aromatic amines is 1. The minimum atomic E-state index is -3.85. The highest BCUT2D eigenvalue weighted by atomic mass is 79.9. The fourth-order valence-electron chi connectivity index (χ4n) is 3.94.